The molecule has 1 aliphatic carbocycles. The Kier molecular flexibility index (Phi) is 4.64. The van der Waals surface area contributed by atoms with Gasteiger partial charge in [-0.2, -0.15) is 9.78 Å². The number of carbonyl (C=O) groups excluding carboxylic acids is 1. The van der Waals surface area contributed by atoms with Gasteiger partial charge in [-0.25, -0.2) is 0 Å². The van der Waals surface area contributed by atoms with Gasteiger partial charge in [-0.15, -0.1) is 0 Å². The number of aromatic nitrogens is 2. The second kappa shape index (κ2) is 7.44. The van der Waals surface area contributed by atoms with E-state index in [4.69, 9.17) is 4.74 Å². The number of para-hydroxylation sites is 1. The van der Waals surface area contributed by atoms with Crippen molar-refractivity contribution in [2.45, 2.75) is 37.8 Å². The first kappa shape index (κ1) is 18.1. The fourth-order valence-corrected chi connectivity index (χ4v) is 4.58. The maximum atomic E-state index is 13.7. The fourth-order valence-electron chi connectivity index (χ4n) is 4.58. The molecule has 2 heterocycles. The van der Waals surface area contributed by atoms with Crippen molar-refractivity contribution in [1.82, 2.24) is 14.7 Å². The van der Waals surface area contributed by atoms with Crippen LogP contribution in [0.2, 0.25) is 0 Å². The Hall–Kier alpha value is -2.99. The van der Waals surface area contributed by atoms with Crippen LogP contribution in [0.3, 0.4) is 0 Å². The van der Waals surface area contributed by atoms with Crippen LogP contribution in [-0.2, 0) is 4.74 Å². The molecule has 2 aliphatic rings. The molecule has 2 aromatic carbocycles. The summed E-state index contributed by atoms with van der Waals surface area (Å²) in [4.78, 5) is 28.6. The topological polar surface area (TPSA) is 64.4 Å². The highest BCUT2D eigenvalue weighted by Crippen LogP contribution is 2.30. The minimum Gasteiger partial charge on any atom is -0.374 e. The highest BCUT2D eigenvalue weighted by atomic mass is 16.5. The number of hydrogen-bond acceptors (Lipinski definition) is 4. The van der Waals surface area contributed by atoms with Crippen molar-refractivity contribution in [2.24, 2.45) is 0 Å². The van der Waals surface area contributed by atoms with Gasteiger partial charge in [-0.1, -0.05) is 49.2 Å². The minimum atomic E-state index is -0.221. The highest BCUT2D eigenvalue weighted by Gasteiger charge is 2.38. The van der Waals surface area contributed by atoms with Gasteiger partial charge in [-0.3, -0.25) is 9.59 Å². The summed E-state index contributed by atoms with van der Waals surface area (Å²) >= 11 is 0. The fraction of sp³-hybridized carbons (Fsp3) is 0.348. The van der Waals surface area contributed by atoms with Gasteiger partial charge in [0.1, 0.15) is 0 Å². The first-order valence-electron chi connectivity index (χ1n) is 10.2. The minimum absolute atomic E-state index is 0.0858. The Morgan fingerprint density at radius 2 is 1.69 bits per heavy atom. The van der Waals surface area contributed by atoms with Crippen molar-refractivity contribution in [1.29, 1.82) is 0 Å². The highest BCUT2D eigenvalue weighted by molar-refractivity contribution is 6.05. The molecular weight excluding hydrogens is 366 g/mol. The van der Waals surface area contributed by atoms with Crippen LogP contribution >= 0.6 is 0 Å². The third-order valence-electron chi connectivity index (χ3n) is 6.00. The molecule has 0 N–H and O–H groups in total. The molecule has 1 saturated carbocycles. The molecule has 1 amide bonds. The van der Waals surface area contributed by atoms with E-state index in [-0.39, 0.29) is 23.6 Å². The quantitative estimate of drug-likeness (QED) is 0.675. The van der Waals surface area contributed by atoms with Gasteiger partial charge < -0.3 is 9.64 Å². The zero-order chi connectivity index (χ0) is 19.8. The molecule has 5 rings (SSSR count). The van der Waals surface area contributed by atoms with Gasteiger partial charge in [0.15, 0.2) is 5.69 Å². The summed E-state index contributed by atoms with van der Waals surface area (Å²) in [6, 6.07) is 16.6. The van der Waals surface area contributed by atoms with E-state index in [0.717, 1.165) is 25.7 Å². The number of amides is 1. The van der Waals surface area contributed by atoms with Crippen molar-refractivity contribution in [3.05, 3.63) is 70.6 Å². The number of morpholine rings is 1. The summed E-state index contributed by atoms with van der Waals surface area (Å²) in [7, 11) is 0. The average Bonchev–Trinajstić information content (AvgIpc) is 2.79. The summed E-state index contributed by atoms with van der Waals surface area (Å²) in [5.74, 6) is -0.119. The van der Waals surface area contributed by atoms with E-state index in [9.17, 15) is 9.59 Å². The van der Waals surface area contributed by atoms with Crippen LogP contribution in [-0.4, -0.2) is 45.9 Å². The monoisotopic (exact) mass is 389 g/mol. The Balaban J connectivity index is 1.65. The molecule has 0 radical (unpaired) electrons. The Labute approximate surface area is 168 Å². The van der Waals surface area contributed by atoms with E-state index in [1.807, 2.05) is 53.4 Å². The molecule has 2 unspecified atom stereocenters. The number of rotatable bonds is 2. The first-order chi connectivity index (χ1) is 14.2. The summed E-state index contributed by atoms with van der Waals surface area (Å²) in [5.41, 5.74) is 0.756. The molecule has 1 aliphatic heterocycles. The van der Waals surface area contributed by atoms with Crippen LogP contribution in [0.4, 0.5) is 0 Å². The third kappa shape index (κ3) is 3.13. The molecule has 2 fully saturated rings. The van der Waals surface area contributed by atoms with E-state index < -0.39 is 0 Å². The second-order valence-electron chi connectivity index (χ2n) is 7.71. The predicted molar refractivity (Wildman–Crippen MR) is 110 cm³/mol. The van der Waals surface area contributed by atoms with Crippen LogP contribution in [0.15, 0.2) is 59.4 Å². The molecule has 0 bridgehead atoms. The number of carbonyl (C=O) groups is 1. The van der Waals surface area contributed by atoms with Gasteiger partial charge in [0.2, 0.25) is 0 Å². The molecule has 29 heavy (non-hydrogen) atoms. The normalized spacial score (nSPS) is 21.7. The molecule has 0 spiro atoms. The maximum absolute atomic E-state index is 13.7. The number of fused-ring (bicyclic) bond motifs is 2. The standard InChI is InChI=1S/C23H23N3O3/c27-22-18-11-5-4-10-17(18)21(24-26(22)16-8-2-1-3-9-16)23(28)25-14-15-29-20-13-7-6-12-19(20)25/h1-5,8-11,19-20H,6-7,12-15H2. The van der Waals surface area contributed by atoms with Gasteiger partial charge in [-0.05, 0) is 31.0 Å². The average molecular weight is 389 g/mol. The van der Waals surface area contributed by atoms with Gasteiger partial charge >= 0.3 is 0 Å². The van der Waals surface area contributed by atoms with Crippen molar-refractivity contribution < 1.29 is 9.53 Å². The third-order valence-corrected chi connectivity index (χ3v) is 6.00. The van der Waals surface area contributed by atoms with Crippen molar-refractivity contribution >= 4 is 16.7 Å². The van der Waals surface area contributed by atoms with Crippen LogP contribution in [0.25, 0.3) is 16.5 Å². The smallest absolute Gasteiger partial charge is 0.279 e. The van der Waals surface area contributed by atoms with E-state index in [0.29, 0.717) is 35.3 Å². The van der Waals surface area contributed by atoms with Crippen LogP contribution in [0.1, 0.15) is 36.2 Å². The van der Waals surface area contributed by atoms with Crippen molar-refractivity contribution in [3.8, 4) is 5.69 Å². The van der Waals surface area contributed by atoms with Crippen LogP contribution in [0, 0.1) is 0 Å². The van der Waals surface area contributed by atoms with E-state index in [1.54, 1.807) is 6.07 Å². The number of nitrogens with zero attached hydrogens (tertiary/aromatic N) is 3. The SMILES string of the molecule is O=C(c1nn(-c2ccccc2)c(=O)c2ccccc12)N1CCOC2CCCCC21. The lowest BCUT2D eigenvalue weighted by molar-refractivity contribution is -0.0754. The van der Waals surface area contributed by atoms with Gasteiger partial charge in [0, 0.05) is 11.9 Å². The van der Waals surface area contributed by atoms with Crippen molar-refractivity contribution in [2.75, 3.05) is 13.2 Å². The molecular formula is C23H23N3O3. The Morgan fingerprint density at radius 3 is 2.52 bits per heavy atom. The van der Waals surface area contributed by atoms with Gasteiger partial charge in [0.25, 0.3) is 11.5 Å². The summed E-state index contributed by atoms with van der Waals surface area (Å²) in [5, 5.41) is 5.66. The van der Waals surface area contributed by atoms with Crippen molar-refractivity contribution in [3.63, 3.8) is 0 Å². The molecule has 1 aromatic heterocycles. The lowest BCUT2D eigenvalue weighted by Gasteiger charge is -2.43. The van der Waals surface area contributed by atoms with Crippen LogP contribution < -0.4 is 5.56 Å². The molecule has 6 heteroatoms. The lowest BCUT2D eigenvalue weighted by atomic mass is 9.90. The molecule has 6 nitrogen and oxygen atoms in total. The summed E-state index contributed by atoms with van der Waals surface area (Å²) in [6.45, 7) is 1.10. The van der Waals surface area contributed by atoms with E-state index in [2.05, 4.69) is 5.10 Å². The lowest BCUT2D eigenvalue weighted by Crippen LogP contribution is -2.55. The maximum Gasteiger partial charge on any atom is 0.279 e. The molecule has 3 aromatic rings. The zero-order valence-corrected chi connectivity index (χ0v) is 16.2. The van der Waals surface area contributed by atoms with E-state index in [1.165, 1.54) is 4.68 Å². The number of hydrogen-bond donors (Lipinski definition) is 0. The zero-order valence-electron chi connectivity index (χ0n) is 16.2. The number of ether oxygens (including phenoxy) is 1. The van der Waals surface area contributed by atoms with Crippen LogP contribution in [0.5, 0.6) is 0 Å². The molecule has 148 valence electrons. The summed E-state index contributed by atoms with van der Waals surface area (Å²) < 4.78 is 7.27. The first-order valence-corrected chi connectivity index (χ1v) is 10.2. The predicted octanol–water partition coefficient (Wildman–Crippen LogP) is 3.17. The number of benzene rings is 2. The largest absolute Gasteiger partial charge is 0.374 e. The van der Waals surface area contributed by atoms with E-state index >= 15 is 0 Å². The second-order valence-corrected chi connectivity index (χ2v) is 7.71. The molecule has 2 atom stereocenters. The van der Waals surface area contributed by atoms with Gasteiger partial charge in [0.05, 0.1) is 29.8 Å². The molecule has 1 saturated heterocycles. The Morgan fingerprint density at radius 1 is 0.966 bits per heavy atom. The Bertz CT molecular complexity index is 1110. The summed E-state index contributed by atoms with van der Waals surface area (Å²) in [6.07, 6.45) is 4.29.